The van der Waals surface area contributed by atoms with Crippen molar-refractivity contribution in [2.24, 2.45) is 5.92 Å². The second-order valence-electron chi connectivity index (χ2n) is 10.3. The number of carbonyl (C=O) groups excluding carboxylic acids is 2. The van der Waals surface area contributed by atoms with Gasteiger partial charge in [-0.05, 0) is 65.4 Å². The molecular formula is C30H26F6N2O3. The molecule has 5 rings (SSSR count). The third-order valence-electron chi connectivity index (χ3n) is 7.63. The summed E-state index contributed by atoms with van der Waals surface area (Å²) >= 11 is 0. The largest absolute Gasteiger partial charge is 0.497 e. The van der Waals surface area contributed by atoms with E-state index in [9.17, 15) is 35.9 Å². The SMILES string of the molecule is COc1ccc(C2c3cccc4c3N(CCC4)C(=O)C2C(=O)N(C)Cc2cc(C(F)(F)F)cc(C(F)(F)F)c2)cc1. The molecule has 2 heterocycles. The Morgan fingerprint density at radius 1 is 0.976 bits per heavy atom. The number of amides is 2. The number of halogens is 6. The van der Waals surface area contributed by atoms with Gasteiger partial charge in [0.15, 0.2) is 0 Å². The zero-order chi connectivity index (χ0) is 29.7. The average Bonchev–Trinajstić information content (AvgIpc) is 2.93. The molecule has 5 nitrogen and oxygen atoms in total. The summed E-state index contributed by atoms with van der Waals surface area (Å²) in [5.41, 5.74) is -0.147. The van der Waals surface area contributed by atoms with Crippen LogP contribution in [-0.2, 0) is 34.9 Å². The fraction of sp³-hybridized carbons (Fsp3) is 0.333. The van der Waals surface area contributed by atoms with Crippen LogP contribution < -0.4 is 9.64 Å². The number of rotatable bonds is 5. The molecule has 0 fully saturated rings. The predicted octanol–water partition coefficient (Wildman–Crippen LogP) is 6.43. The third kappa shape index (κ3) is 5.37. The highest BCUT2D eigenvalue weighted by Crippen LogP contribution is 2.47. The Morgan fingerprint density at radius 2 is 1.61 bits per heavy atom. The van der Waals surface area contributed by atoms with Crippen LogP contribution in [0, 0.1) is 5.92 Å². The molecule has 0 spiro atoms. The van der Waals surface area contributed by atoms with Gasteiger partial charge >= 0.3 is 12.4 Å². The number of methoxy groups -OCH3 is 1. The van der Waals surface area contributed by atoms with Crippen LogP contribution in [0.3, 0.4) is 0 Å². The van der Waals surface area contributed by atoms with E-state index in [2.05, 4.69) is 0 Å². The van der Waals surface area contributed by atoms with Crippen molar-refractivity contribution in [3.63, 3.8) is 0 Å². The number of anilines is 1. The van der Waals surface area contributed by atoms with Crippen LogP contribution >= 0.6 is 0 Å². The molecule has 2 aliphatic rings. The van der Waals surface area contributed by atoms with E-state index in [1.165, 1.54) is 14.2 Å². The van der Waals surface area contributed by atoms with Crippen LogP contribution in [-0.4, -0.2) is 37.4 Å². The lowest BCUT2D eigenvalue weighted by Crippen LogP contribution is -2.51. The van der Waals surface area contributed by atoms with Crippen molar-refractivity contribution >= 4 is 17.5 Å². The fourth-order valence-electron chi connectivity index (χ4n) is 5.77. The zero-order valence-electron chi connectivity index (χ0n) is 22.1. The number of hydrogen-bond donors (Lipinski definition) is 0. The number of nitrogens with zero attached hydrogens (tertiary/aromatic N) is 2. The standard InChI is InChI=1S/C30H26F6N2O3/c1-37(16-17-13-20(29(31,32)33)15-21(14-17)30(34,35)36)27(39)25-24(18-8-10-22(41-2)11-9-18)23-7-3-5-19-6-4-12-38(26(19)23)28(25)40/h3,5,7-11,13-15,24-25H,4,6,12,16H2,1-2H3. The Morgan fingerprint density at radius 3 is 2.20 bits per heavy atom. The molecule has 11 heteroatoms. The first kappa shape index (κ1) is 28.5. The molecule has 0 saturated carbocycles. The number of para-hydroxylation sites is 1. The van der Waals surface area contributed by atoms with Gasteiger partial charge in [0.2, 0.25) is 11.8 Å². The van der Waals surface area contributed by atoms with Crippen molar-refractivity contribution in [3.8, 4) is 5.75 Å². The maximum atomic E-state index is 14.0. The van der Waals surface area contributed by atoms with Crippen LogP contribution in [0.1, 0.15) is 45.7 Å². The number of benzene rings is 3. The van der Waals surface area contributed by atoms with Gasteiger partial charge in [-0.15, -0.1) is 0 Å². The number of ether oxygens (including phenoxy) is 1. The van der Waals surface area contributed by atoms with E-state index in [1.54, 1.807) is 29.2 Å². The summed E-state index contributed by atoms with van der Waals surface area (Å²) in [4.78, 5) is 30.5. The van der Waals surface area contributed by atoms with Gasteiger partial charge in [-0.1, -0.05) is 30.3 Å². The van der Waals surface area contributed by atoms with Gasteiger partial charge in [0, 0.05) is 26.1 Å². The highest BCUT2D eigenvalue weighted by Gasteiger charge is 2.47. The van der Waals surface area contributed by atoms with Gasteiger partial charge in [0.25, 0.3) is 0 Å². The topological polar surface area (TPSA) is 49.9 Å². The van der Waals surface area contributed by atoms with Crippen LogP contribution in [0.15, 0.2) is 60.7 Å². The second-order valence-corrected chi connectivity index (χ2v) is 10.3. The molecule has 216 valence electrons. The quantitative estimate of drug-likeness (QED) is 0.260. The summed E-state index contributed by atoms with van der Waals surface area (Å²) < 4.78 is 85.8. The molecule has 0 saturated heterocycles. The van der Waals surface area contributed by atoms with E-state index >= 15 is 0 Å². The highest BCUT2D eigenvalue weighted by molar-refractivity contribution is 6.12. The minimum atomic E-state index is -5.02. The van der Waals surface area contributed by atoms with Crippen LogP contribution in [0.4, 0.5) is 32.0 Å². The molecule has 0 aliphatic carbocycles. The predicted molar refractivity (Wildman–Crippen MR) is 138 cm³/mol. The first-order chi connectivity index (χ1) is 19.3. The summed E-state index contributed by atoms with van der Waals surface area (Å²) in [5.74, 6) is -2.59. The number of aryl methyl sites for hydroxylation is 1. The molecule has 2 unspecified atom stereocenters. The molecular weight excluding hydrogens is 550 g/mol. The van der Waals surface area contributed by atoms with Gasteiger partial charge in [-0.3, -0.25) is 9.59 Å². The molecule has 41 heavy (non-hydrogen) atoms. The minimum Gasteiger partial charge on any atom is -0.497 e. The molecule has 3 aromatic carbocycles. The van der Waals surface area contributed by atoms with Crippen molar-refractivity contribution in [2.75, 3.05) is 25.6 Å². The summed E-state index contributed by atoms with van der Waals surface area (Å²) in [5, 5.41) is 0. The Balaban J connectivity index is 1.56. The molecule has 0 N–H and O–H groups in total. The second kappa shape index (κ2) is 10.4. The van der Waals surface area contributed by atoms with E-state index in [0.29, 0.717) is 36.4 Å². The average molecular weight is 577 g/mol. The van der Waals surface area contributed by atoms with Gasteiger partial charge in [-0.2, -0.15) is 26.3 Å². The van der Waals surface area contributed by atoms with E-state index in [4.69, 9.17) is 4.74 Å². The van der Waals surface area contributed by atoms with E-state index in [1.807, 2.05) is 18.2 Å². The molecule has 2 amide bonds. The lowest BCUT2D eigenvalue weighted by atomic mass is 9.73. The molecule has 0 radical (unpaired) electrons. The lowest BCUT2D eigenvalue weighted by Gasteiger charge is -2.43. The van der Waals surface area contributed by atoms with Crippen molar-refractivity contribution in [1.29, 1.82) is 0 Å². The summed E-state index contributed by atoms with van der Waals surface area (Å²) in [6, 6.07) is 13.8. The lowest BCUT2D eigenvalue weighted by molar-refractivity contribution is -0.143. The van der Waals surface area contributed by atoms with Gasteiger partial charge in [-0.25, -0.2) is 0 Å². The normalized spacial score (nSPS) is 18.6. The summed E-state index contributed by atoms with van der Waals surface area (Å²) in [6.07, 6.45) is -8.59. The third-order valence-corrected chi connectivity index (χ3v) is 7.63. The van der Waals surface area contributed by atoms with Crippen molar-refractivity contribution in [2.45, 2.75) is 37.7 Å². The van der Waals surface area contributed by atoms with Crippen molar-refractivity contribution < 1.29 is 40.7 Å². The maximum absolute atomic E-state index is 14.0. The van der Waals surface area contributed by atoms with Crippen LogP contribution in [0.5, 0.6) is 5.75 Å². The Hall–Kier alpha value is -4.02. The summed E-state index contributed by atoms with van der Waals surface area (Å²) in [7, 11) is 2.78. The van der Waals surface area contributed by atoms with E-state index < -0.39 is 53.7 Å². The fourth-order valence-corrected chi connectivity index (χ4v) is 5.77. The summed E-state index contributed by atoms with van der Waals surface area (Å²) in [6.45, 7) is -0.161. The van der Waals surface area contributed by atoms with E-state index in [-0.39, 0.29) is 11.6 Å². The first-order valence-electron chi connectivity index (χ1n) is 12.9. The Bertz CT molecular complexity index is 1450. The number of alkyl halides is 6. The van der Waals surface area contributed by atoms with E-state index in [0.717, 1.165) is 28.1 Å². The molecule has 0 aromatic heterocycles. The monoisotopic (exact) mass is 576 g/mol. The van der Waals surface area contributed by atoms with Crippen molar-refractivity contribution in [3.05, 3.63) is 94.0 Å². The Labute approximate surface area is 232 Å². The maximum Gasteiger partial charge on any atom is 0.416 e. The van der Waals surface area contributed by atoms with Gasteiger partial charge in [0.1, 0.15) is 11.7 Å². The molecule has 2 aliphatic heterocycles. The first-order valence-corrected chi connectivity index (χ1v) is 12.9. The zero-order valence-corrected chi connectivity index (χ0v) is 22.1. The van der Waals surface area contributed by atoms with Gasteiger partial charge in [0.05, 0.1) is 23.9 Å². The van der Waals surface area contributed by atoms with Crippen molar-refractivity contribution in [1.82, 2.24) is 4.90 Å². The molecule has 2 atom stereocenters. The smallest absolute Gasteiger partial charge is 0.416 e. The number of hydrogen-bond acceptors (Lipinski definition) is 3. The van der Waals surface area contributed by atoms with Crippen LogP contribution in [0.2, 0.25) is 0 Å². The van der Waals surface area contributed by atoms with Crippen LogP contribution in [0.25, 0.3) is 0 Å². The Kier molecular flexibility index (Phi) is 7.25. The van der Waals surface area contributed by atoms with Gasteiger partial charge < -0.3 is 14.5 Å². The molecule has 0 bridgehead atoms. The number of carbonyl (C=O) groups is 2. The molecule has 3 aromatic rings. The highest BCUT2D eigenvalue weighted by atomic mass is 19.4. The minimum absolute atomic E-state index is 0.0422.